The van der Waals surface area contributed by atoms with E-state index in [-0.39, 0.29) is 44.5 Å². The number of aryl methyl sites for hydroxylation is 1. The van der Waals surface area contributed by atoms with Crippen molar-refractivity contribution in [2.45, 2.75) is 25.3 Å². The van der Waals surface area contributed by atoms with E-state index in [4.69, 9.17) is 4.42 Å². The monoisotopic (exact) mass is 477 g/mol. The van der Waals surface area contributed by atoms with Gasteiger partial charge in [0.1, 0.15) is 11.3 Å². The molecule has 0 radical (unpaired) electrons. The Labute approximate surface area is 185 Å². The Morgan fingerprint density at radius 2 is 1.97 bits per heavy atom. The summed E-state index contributed by atoms with van der Waals surface area (Å²) < 4.78 is 72.6. The Morgan fingerprint density at radius 3 is 2.64 bits per heavy atom. The molecule has 1 aliphatic rings. The van der Waals surface area contributed by atoms with Gasteiger partial charge in [-0.3, -0.25) is 4.79 Å². The number of para-hydroxylation sites is 1. The van der Waals surface area contributed by atoms with Gasteiger partial charge >= 0.3 is 15.6 Å². The molecule has 1 unspecified atom stereocenters. The number of rotatable bonds is 3. The van der Waals surface area contributed by atoms with Gasteiger partial charge in [-0.1, -0.05) is 12.1 Å². The van der Waals surface area contributed by atoms with Crippen LogP contribution >= 0.6 is 0 Å². The van der Waals surface area contributed by atoms with Gasteiger partial charge in [-0.2, -0.15) is 26.9 Å². The average Bonchev–Trinajstić information content (AvgIpc) is 2.71. The van der Waals surface area contributed by atoms with Crippen LogP contribution in [0.4, 0.5) is 18.9 Å². The minimum absolute atomic E-state index is 0.0569. The maximum Gasteiger partial charge on any atom is 0.534 e. The van der Waals surface area contributed by atoms with Gasteiger partial charge < -0.3 is 13.9 Å². The van der Waals surface area contributed by atoms with E-state index in [1.54, 1.807) is 13.8 Å². The first-order valence-corrected chi connectivity index (χ1v) is 10.8. The molecule has 0 bridgehead atoms. The minimum Gasteiger partial charge on any atom is -0.461 e. The molecule has 1 atom stereocenters. The number of fused-ring (bicyclic) bond motifs is 2. The zero-order valence-corrected chi connectivity index (χ0v) is 17.8. The number of allylic oxidation sites excluding steroid dienone is 2. The van der Waals surface area contributed by atoms with E-state index in [0.717, 1.165) is 6.20 Å². The van der Waals surface area contributed by atoms with Crippen molar-refractivity contribution in [3.05, 3.63) is 74.9 Å². The Kier molecular flexibility index (Phi) is 5.17. The summed E-state index contributed by atoms with van der Waals surface area (Å²) in [5.74, 6) is -1.71. The summed E-state index contributed by atoms with van der Waals surface area (Å²) in [4.78, 5) is 16.2. The molecule has 3 aromatic rings. The van der Waals surface area contributed by atoms with Gasteiger partial charge in [-0.25, -0.2) is 4.98 Å². The quantitative estimate of drug-likeness (QED) is 0.442. The molecule has 8 nitrogen and oxygen atoms in total. The molecule has 2 aromatic heterocycles. The first-order chi connectivity index (χ1) is 15.4. The highest BCUT2D eigenvalue weighted by molar-refractivity contribution is 7.87. The summed E-state index contributed by atoms with van der Waals surface area (Å²) in [6.45, 7) is 3.13. The van der Waals surface area contributed by atoms with Crippen molar-refractivity contribution in [1.82, 2.24) is 4.98 Å². The van der Waals surface area contributed by atoms with E-state index in [0.29, 0.717) is 5.70 Å². The molecular formula is C21H14F3N3O5S. The summed E-state index contributed by atoms with van der Waals surface area (Å²) in [5.41, 5.74) is -5.19. The second-order valence-corrected chi connectivity index (χ2v) is 8.75. The van der Waals surface area contributed by atoms with Crippen LogP contribution in [0.1, 0.15) is 29.7 Å². The molecule has 4 rings (SSSR count). The van der Waals surface area contributed by atoms with Crippen LogP contribution in [0.5, 0.6) is 5.88 Å². The zero-order valence-electron chi connectivity index (χ0n) is 17.0. The molecular weight excluding hydrogens is 463 g/mol. The van der Waals surface area contributed by atoms with Crippen molar-refractivity contribution >= 4 is 26.8 Å². The lowest BCUT2D eigenvalue weighted by Crippen LogP contribution is -2.29. The van der Waals surface area contributed by atoms with E-state index >= 15 is 0 Å². The Balaban J connectivity index is 2.05. The zero-order chi connectivity index (χ0) is 24.1. The molecule has 0 saturated heterocycles. The number of anilines is 1. The smallest absolute Gasteiger partial charge is 0.461 e. The van der Waals surface area contributed by atoms with Crippen molar-refractivity contribution in [2.75, 3.05) is 5.32 Å². The maximum atomic E-state index is 13.0. The van der Waals surface area contributed by atoms with Crippen molar-refractivity contribution in [2.24, 2.45) is 0 Å². The Morgan fingerprint density at radius 1 is 1.24 bits per heavy atom. The number of pyridine rings is 1. The van der Waals surface area contributed by atoms with Gasteiger partial charge in [0.05, 0.1) is 28.5 Å². The van der Waals surface area contributed by atoms with Crippen LogP contribution in [-0.2, 0) is 10.1 Å². The van der Waals surface area contributed by atoms with Gasteiger partial charge in [0, 0.05) is 29.2 Å². The lowest BCUT2D eigenvalue weighted by atomic mass is 9.81. The Bertz CT molecular complexity index is 1540. The molecule has 0 amide bonds. The van der Waals surface area contributed by atoms with Gasteiger partial charge in [0.25, 0.3) is 0 Å². The molecule has 1 aliphatic heterocycles. The van der Waals surface area contributed by atoms with Crippen molar-refractivity contribution in [1.29, 1.82) is 5.26 Å². The van der Waals surface area contributed by atoms with Crippen LogP contribution in [0, 0.1) is 18.3 Å². The fourth-order valence-corrected chi connectivity index (χ4v) is 4.13. The molecule has 33 heavy (non-hydrogen) atoms. The number of alkyl halides is 3. The third kappa shape index (κ3) is 3.70. The highest BCUT2D eigenvalue weighted by atomic mass is 32.2. The van der Waals surface area contributed by atoms with E-state index in [9.17, 15) is 31.6 Å². The first-order valence-electron chi connectivity index (χ1n) is 9.35. The maximum absolute atomic E-state index is 13.0. The number of halogens is 3. The summed E-state index contributed by atoms with van der Waals surface area (Å²) in [6, 6.07) is 9.24. The number of nitriles is 1. The second-order valence-electron chi connectivity index (χ2n) is 7.21. The fraction of sp³-hybridized carbons (Fsp3) is 0.190. The number of nitrogens with zero attached hydrogens (tertiary/aromatic N) is 2. The van der Waals surface area contributed by atoms with Crippen LogP contribution in [0.25, 0.3) is 11.0 Å². The predicted octanol–water partition coefficient (Wildman–Crippen LogP) is 4.08. The highest BCUT2D eigenvalue weighted by Gasteiger charge is 2.49. The van der Waals surface area contributed by atoms with E-state index in [2.05, 4.69) is 14.5 Å². The van der Waals surface area contributed by atoms with Crippen molar-refractivity contribution in [3.8, 4) is 11.9 Å². The molecule has 0 saturated carbocycles. The van der Waals surface area contributed by atoms with Gasteiger partial charge in [-0.05, 0) is 26.0 Å². The number of aromatic nitrogens is 1. The molecule has 0 spiro atoms. The third-order valence-electron chi connectivity index (χ3n) is 5.07. The van der Waals surface area contributed by atoms with Crippen LogP contribution in [0.3, 0.4) is 0 Å². The molecule has 1 N–H and O–H groups in total. The van der Waals surface area contributed by atoms with Crippen LogP contribution < -0.4 is 14.9 Å². The number of hydrogen-bond acceptors (Lipinski definition) is 8. The predicted molar refractivity (Wildman–Crippen MR) is 111 cm³/mol. The van der Waals surface area contributed by atoms with Gasteiger partial charge in [0.2, 0.25) is 5.88 Å². The topological polar surface area (TPSA) is 122 Å². The molecule has 12 heteroatoms. The summed E-state index contributed by atoms with van der Waals surface area (Å²) in [6.07, 6.45) is 1.07. The van der Waals surface area contributed by atoms with E-state index in [1.165, 1.54) is 30.3 Å². The van der Waals surface area contributed by atoms with Crippen molar-refractivity contribution in [3.63, 3.8) is 0 Å². The molecule has 170 valence electrons. The standard InChI is InChI=1S/C21H14F3N3O5S/c1-10-8-16(28)12-4-3-5-13(19(12)31-10)17-14(9-25)11(2)27-15-6-7-26-20(18(15)17)32-33(29,30)21(22,23)24/h3-8,17,27H,1-2H3. The lowest BCUT2D eigenvalue weighted by molar-refractivity contribution is -0.0501. The van der Waals surface area contributed by atoms with Crippen molar-refractivity contribution < 1.29 is 30.2 Å². The lowest BCUT2D eigenvalue weighted by Gasteiger charge is -2.29. The fourth-order valence-electron chi connectivity index (χ4n) is 3.69. The largest absolute Gasteiger partial charge is 0.534 e. The van der Waals surface area contributed by atoms with Crippen LogP contribution in [0.15, 0.2) is 57.0 Å². The normalized spacial score (nSPS) is 16.2. The summed E-state index contributed by atoms with van der Waals surface area (Å²) in [7, 11) is -6.05. The number of nitrogens with one attached hydrogen (secondary N) is 1. The average molecular weight is 477 g/mol. The molecule has 0 aliphatic carbocycles. The second kappa shape index (κ2) is 7.63. The van der Waals surface area contributed by atoms with Crippen LogP contribution in [0.2, 0.25) is 0 Å². The van der Waals surface area contributed by atoms with Gasteiger partial charge in [-0.15, -0.1) is 0 Å². The molecule has 1 aromatic carbocycles. The van der Waals surface area contributed by atoms with Crippen LogP contribution in [-0.4, -0.2) is 18.9 Å². The minimum atomic E-state index is -6.05. The first kappa shape index (κ1) is 22.3. The highest BCUT2D eigenvalue weighted by Crippen LogP contribution is 2.47. The van der Waals surface area contributed by atoms with E-state index < -0.39 is 27.4 Å². The molecule has 3 heterocycles. The summed E-state index contributed by atoms with van der Waals surface area (Å²) >= 11 is 0. The third-order valence-corrected chi connectivity index (χ3v) is 6.01. The summed E-state index contributed by atoms with van der Waals surface area (Å²) in [5, 5.41) is 12.9. The van der Waals surface area contributed by atoms with E-state index in [1.807, 2.05) is 6.07 Å². The number of benzene rings is 1. The molecule has 0 fully saturated rings. The Hall–Kier alpha value is -3.85. The number of hydrogen-bond donors (Lipinski definition) is 1. The van der Waals surface area contributed by atoms with Gasteiger partial charge in [0.15, 0.2) is 5.43 Å². The SMILES string of the molecule is CC1=C(C#N)C(c2cccc3c(=O)cc(C)oc23)c2c(ccnc2OS(=O)(=O)C(F)(F)F)N1.